The van der Waals surface area contributed by atoms with Gasteiger partial charge in [-0.3, -0.25) is 14.6 Å². The third-order valence-electron chi connectivity index (χ3n) is 5.17. The van der Waals surface area contributed by atoms with Gasteiger partial charge in [0.2, 0.25) is 0 Å². The Morgan fingerprint density at radius 2 is 1.97 bits per heavy atom. The van der Waals surface area contributed by atoms with Crippen LogP contribution in [0.25, 0.3) is 0 Å². The van der Waals surface area contributed by atoms with Crippen molar-refractivity contribution in [1.29, 1.82) is 0 Å². The first-order chi connectivity index (χ1) is 16.3. The summed E-state index contributed by atoms with van der Waals surface area (Å²) in [4.78, 5) is 29.0. The molecule has 1 saturated heterocycles. The largest absolute Gasteiger partial charge is 0.507 e. The fraction of sp³-hybridized carbons (Fsp3) is 0.409. The minimum Gasteiger partial charge on any atom is -0.507 e. The number of pyridine rings is 1. The first-order valence-electron chi connectivity index (χ1n) is 10.2. The van der Waals surface area contributed by atoms with Crippen LogP contribution in [0.15, 0.2) is 42.6 Å². The van der Waals surface area contributed by atoms with E-state index in [9.17, 15) is 35.9 Å². The molecule has 0 aromatic carbocycles. The first kappa shape index (κ1) is 28.1. The van der Waals surface area contributed by atoms with E-state index < -0.39 is 52.2 Å². The lowest BCUT2D eigenvalue weighted by molar-refractivity contribution is -0.149. The van der Waals surface area contributed by atoms with Crippen LogP contribution in [0.2, 0.25) is 0 Å². The summed E-state index contributed by atoms with van der Waals surface area (Å²) in [6.07, 6.45) is -4.25. The highest BCUT2D eigenvalue weighted by molar-refractivity contribution is 7.10. The number of halogens is 6. The lowest BCUT2D eigenvalue weighted by atomic mass is 9.86. The van der Waals surface area contributed by atoms with Gasteiger partial charge in [-0.25, -0.2) is 0 Å². The summed E-state index contributed by atoms with van der Waals surface area (Å²) < 4.78 is 79.5. The second-order valence-electron chi connectivity index (χ2n) is 7.45. The number of thiophene rings is 1. The molecule has 13 heteroatoms. The number of amides is 1. The molecule has 0 aliphatic carbocycles. The van der Waals surface area contributed by atoms with E-state index >= 15 is 0 Å². The highest BCUT2D eigenvalue weighted by atomic mass is 32.1. The maximum atomic E-state index is 13.2. The molecule has 3 heterocycles. The zero-order chi connectivity index (χ0) is 26.4. The maximum Gasteiger partial charge on any atom is 0.425 e. The molecule has 1 aliphatic rings. The van der Waals surface area contributed by atoms with Crippen LogP contribution >= 0.6 is 11.3 Å². The average Bonchev–Trinajstić information content (AvgIpc) is 3.25. The molecule has 1 N–H and O–H groups in total. The van der Waals surface area contributed by atoms with Gasteiger partial charge in [0.05, 0.1) is 24.2 Å². The minimum absolute atomic E-state index is 0.261. The first-order valence-corrected chi connectivity index (χ1v) is 11.0. The van der Waals surface area contributed by atoms with Gasteiger partial charge < -0.3 is 14.7 Å². The molecule has 1 aliphatic heterocycles. The summed E-state index contributed by atoms with van der Waals surface area (Å²) in [5.41, 5.74) is -1.56. The Morgan fingerprint density at radius 1 is 1.29 bits per heavy atom. The molecule has 192 valence electrons. The Balaban J connectivity index is 0.000000360. The predicted octanol–water partition coefficient (Wildman–Crippen LogP) is 5.54. The topological polar surface area (TPSA) is 79.7 Å². The molecule has 1 fully saturated rings. The molecule has 0 bridgehead atoms. The van der Waals surface area contributed by atoms with Crippen LogP contribution in [0.3, 0.4) is 0 Å². The fourth-order valence-electron chi connectivity index (χ4n) is 3.64. The highest BCUT2D eigenvalue weighted by Crippen LogP contribution is 2.36. The molecular formula is C22H22F6N2O4S. The molecular weight excluding hydrogens is 502 g/mol. The molecule has 2 unspecified atom stereocenters. The van der Waals surface area contributed by atoms with E-state index in [0.717, 1.165) is 23.8 Å². The Labute approximate surface area is 200 Å². The smallest absolute Gasteiger partial charge is 0.425 e. The van der Waals surface area contributed by atoms with Crippen molar-refractivity contribution >= 4 is 23.2 Å². The highest BCUT2D eigenvalue weighted by Gasteiger charge is 2.41. The molecule has 0 radical (unpaired) electrons. The Hall–Kier alpha value is -3.09. The summed E-state index contributed by atoms with van der Waals surface area (Å²) in [5, 5.41) is 9.57. The number of esters is 1. The van der Waals surface area contributed by atoms with E-state index in [0.29, 0.717) is 30.2 Å². The average molecular weight is 524 g/mol. The van der Waals surface area contributed by atoms with Crippen LogP contribution in [0, 0.1) is 5.92 Å². The van der Waals surface area contributed by atoms with E-state index in [4.69, 9.17) is 9.84 Å². The van der Waals surface area contributed by atoms with Crippen molar-refractivity contribution in [1.82, 2.24) is 9.88 Å². The lowest BCUT2D eigenvalue weighted by Gasteiger charge is -2.40. The number of piperidine rings is 1. The number of rotatable bonds is 4. The van der Waals surface area contributed by atoms with Gasteiger partial charge in [0.15, 0.2) is 0 Å². The van der Waals surface area contributed by atoms with Crippen LogP contribution in [-0.2, 0) is 21.9 Å². The summed E-state index contributed by atoms with van der Waals surface area (Å²) in [6, 6.07) is 0.884. The van der Waals surface area contributed by atoms with E-state index in [1.165, 1.54) is 12.0 Å². The Bertz CT molecular complexity index is 1040. The van der Waals surface area contributed by atoms with Gasteiger partial charge in [-0.1, -0.05) is 6.08 Å². The van der Waals surface area contributed by atoms with Crippen molar-refractivity contribution in [3.8, 4) is 5.75 Å². The van der Waals surface area contributed by atoms with Crippen molar-refractivity contribution in [2.45, 2.75) is 37.7 Å². The normalized spacial score (nSPS) is 18.3. The van der Waals surface area contributed by atoms with Crippen molar-refractivity contribution in [2.75, 3.05) is 13.7 Å². The number of aromatic nitrogens is 1. The second kappa shape index (κ2) is 11.6. The van der Waals surface area contributed by atoms with Crippen LogP contribution in [-0.4, -0.2) is 46.6 Å². The number of carbonyl (C=O) groups excluding carboxylic acids is 2. The molecule has 35 heavy (non-hydrogen) atoms. The Morgan fingerprint density at radius 3 is 2.46 bits per heavy atom. The van der Waals surface area contributed by atoms with Gasteiger partial charge in [-0.15, -0.1) is 17.9 Å². The SMILES string of the molecule is C=CCC1C(C(=O)OC)CCCN1C(=O)c1cnccc1C(F)(F)F.Oc1csc(C(F)(F)F)c1. The van der Waals surface area contributed by atoms with Crippen molar-refractivity contribution < 1.29 is 45.8 Å². The monoisotopic (exact) mass is 524 g/mol. The summed E-state index contributed by atoms with van der Waals surface area (Å²) in [6.45, 7) is 3.88. The van der Waals surface area contributed by atoms with Gasteiger partial charge in [-0.05, 0) is 25.3 Å². The third-order valence-corrected chi connectivity index (χ3v) is 6.14. The van der Waals surface area contributed by atoms with Gasteiger partial charge >= 0.3 is 18.3 Å². The van der Waals surface area contributed by atoms with Crippen LogP contribution in [0.4, 0.5) is 26.3 Å². The number of aromatic hydroxyl groups is 1. The summed E-state index contributed by atoms with van der Waals surface area (Å²) in [5.74, 6) is -2.20. The molecule has 2 aromatic heterocycles. The number of nitrogens with zero attached hydrogens (tertiary/aromatic N) is 2. The quantitative estimate of drug-likeness (QED) is 0.323. The number of hydrogen-bond acceptors (Lipinski definition) is 6. The van der Waals surface area contributed by atoms with E-state index in [1.54, 1.807) is 6.08 Å². The van der Waals surface area contributed by atoms with E-state index in [-0.39, 0.29) is 18.7 Å². The standard InChI is InChI=1S/C17H19F3N2O3.C5H3F3OS/c1-3-5-14-11(16(24)25-2)6-4-9-22(14)15(23)12-10-21-8-7-13(12)17(18,19)20;6-5(7,8)4-1-3(9)2-10-4/h3,7-8,10-11,14H,1,4-6,9H2,2H3;1-2,9H. The number of carbonyl (C=O) groups is 2. The minimum atomic E-state index is -4.67. The molecule has 2 atom stereocenters. The molecule has 2 aromatic rings. The van der Waals surface area contributed by atoms with E-state index in [1.807, 2.05) is 0 Å². The molecule has 6 nitrogen and oxygen atoms in total. The van der Waals surface area contributed by atoms with Crippen molar-refractivity contribution in [2.24, 2.45) is 5.92 Å². The fourth-order valence-corrected chi connectivity index (χ4v) is 4.28. The zero-order valence-corrected chi connectivity index (χ0v) is 19.2. The van der Waals surface area contributed by atoms with Gasteiger partial charge in [0.1, 0.15) is 10.6 Å². The Kier molecular flexibility index (Phi) is 9.30. The maximum absolute atomic E-state index is 13.2. The number of ether oxygens (including phenoxy) is 1. The molecule has 0 saturated carbocycles. The molecule has 0 spiro atoms. The zero-order valence-electron chi connectivity index (χ0n) is 18.4. The van der Waals surface area contributed by atoms with Crippen molar-refractivity contribution in [3.05, 3.63) is 58.6 Å². The third kappa shape index (κ3) is 7.20. The number of hydrogen-bond donors (Lipinski definition) is 1. The molecule has 1 amide bonds. The van der Waals surface area contributed by atoms with Crippen LogP contribution < -0.4 is 0 Å². The van der Waals surface area contributed by atoms with Crippen LogP contribution in [0.5, 0.6) is 5.75 Å². The van der Waals surface area contributed by atoms with Gasteiger partial charge in [0, 0.05) is 36.4 Å². The lowest BCUT2D eigenvalue weighted by Crippen LogP contribution is -2.51. The number of alkyl halides is 6. The van der Waals surface area contributed by atoms with Crippen LogP contribution in [0.1, 0.15) is 40.1 Å². The predicted molar refractivity (Wildman–Crippen MR) is 115 cm³/mol. The summed E-state index contributed by atoms with van der Waals surface area (Å²) >= 11 is 0.481. The second-order valence-corrected chi connectivity index (χ2v) is 8.36. The van der Waals surface area contributed by atoms with Gasteiger partial charge in [-0.2, -0.15) is 26.3 Å². The number of methoxy groups -OCH3 is 1. The number of likely N-dealkylation sites (tertiary alicyclic amines) is 1. The van der Waals surface area contributed by atoms with Gasteiger partial charge in [0.25, 0.3) is 5.91 Å². The van der Waals surface area contributed by atoms with E-state index in [2.05, 4.69) is 11.6 Å². The summed E-state index contributed by atoms with van der Waals surface area (Å²) in [7, 11) is 1.25. The molecule has 3 rings (SSSR count). The van der Waals surface area contributed by atoms with Crippen molar-refractivity contribution in [3.63, 3.8) is 0 Å².